The molecule has 1 aliphatic rings. The van der Waals surface area contributed by atoms with Gasteiger partial charge in [-0.05, 0) is 50.2 Å². The van der Waals surface area contributed by atoms with Gasteiger partial charge in [-0.1, -0.05) is 12.1 Å². The van der Waals surface area contributed by atoms with Crippen molar-refractivity contribution in [1.29, 1.82) is 0 Å². The van der Waals surface area contributed by atoms with Gasteiger partial charge in [-0.2, -0.15) is 0 Å². The molecule has 2 aromatic carbocycles. The molecule has 0 bridgehead atoms. The van der Waals surface area contributed by atoms with Crippen molar-refractivity contribution in [3.8, 4) is 0 Å². The van der Waals surface area contributed by atoms with E-state index < -0.39 is 36.2 Å². The molecule has 0 unspecified atom stereocenters. The second-order valence-corrected chi connectivity index (χ2v) is 6.41. The van der Waals surface area contributed by atoms with Crippen LogP contribution in [0.25, 0.3) is 0 Å². The number of imide groups is 1. The monoisotopic (exact) mass is 383 g/mol. The summed E-state index contributed by atoms with van der Waals surface area (Å²) < 4.78 is 13.1. The van der Waals surface area contributed by atoms with Gasteiger partial charge in [-0.15, -0.1) is 0 Å². The highest BCUT2D eigenvalue weighted by Crippen LogP contribution is 2.26. The number of amides is 4. The fourth-order valence-electron chi connectivity index (χ4n) is 2.97. The van der Waals surface area contributed by atoms with Gasteiger partial charge in [-0.25, -0.2) is 9.18 Å². The van der Waals surface area contributed by atoms with E-state index in [0.717, 1.165) is 4.90 Å². The highest BCUT2D eigenvalue weighted by molar-refractivity contribution is 6.16. The summed E-state index contributed by atoms with van der Waals surface area (Å²) in [4.78, 5) is 50.9. The van der Waals surface area contributed by atoms with Crippen LogP contribution < -0.4 is 10.2 Å². The molecule has 7 nitrogen and oxygen atoms in total. The van der Waals surface area contributed by atoms with Gasteiger partial charge in [-0.3, -0.25) is 24.2 Å². The second kappa shape index (κ2) is 7.59. The quantitative estimate of drug-likeness (QED) is 0.635. The fourth-order valence-corrected chi connectivity index (χ4v) is 2.97. The van der Waals surface area contributed by atoms with Gasteiger partial charge in [0, 0.05) is 16.9 Å². The van der Waals surface area contributed by atoms with E-state index in [0.29, 0.717) is 16.9 Å². The number of carbonyl (C=O) groups excluding carboxylic acids is 4. The number of ketones is 1. The lowest BCUT2D eigenvalue weighted by Crippen LogP contribution is -2.39. The lowest BCUT2D eigenvalue weighted by atomic mass is 10.1. The Labute approximate surface area is 160 Å². The molecule has 1 atom stereocenters. The Balaban J connectivity index is 1.73. The Bertz CT molecular complexity index is 958. The first-order valence-electron chi connectivity index (χ1n) is 8.59. The molecule has 1 fully saturated rings. The molecule has 2 aromatic rings. The van der Waals surface area contributed by atoms with Crippen molar-refractivity contribution in [2.45, 2.75) is 19.9 Å². The molecule has 0 saturated carbocycles. The summed E-state index contributed by atoms with van der Waals surface area (Å²) in [6.45, 7) is 2.48. The SMILES string of the molecule is CC(=O)c1cccc(NC(=O)CN2C(=O)[C@@H](C)N(c3ccc(F)cc3)C2=O)c1. The number of nitrogens with zero attached hydrogens (tertiary/aromatic N) is 2. The minimum atomic E-state index is -0.813. The van der Waals surface area contributed by atoms with Crippen LogP contribution in [0.2, 0.25) is 0 Å². The Hall–Kier alpha value is -3.55. The maximum atomic E-state index is 13.1. The van der Waals surface area contributed by atoms with Gasteiger partial charge >= 0.3 is 6.03 Å². The minimum Gasteiger partial charge on any atom is -0.325 e. The fraction of sp³-hybridized carbons (Fsp3) is 0.200. The van der Waals surface area contributed by atoms with Crippen molar-refractivity contribution in [1.82, 2.24) is 4.90 Å². The van der Waals surface area contributed by atoms with Crippen molar-refractivity contribution in [3.63, 3.8) is 0 Å². The van der Waals surface area contributed by atoms with Crippen LogP contribution in [0.5, 0.6) is 0 Å². The summed E-state index contributed by atoms with van der Waals surface area (Å²) in [5, 5.41) is 2.58. The second-order valence-electron chi connectivity index (χ2n) is 6.41. The van der Waals surface area contributed by atoms with E-state index in [2.05, 4.69) is 5.32 Å². The average Bonchev–Trinajstić information content (AvgIpc) is 2.86. The Morgan fingerprint density at radius 1 is 1.11 bits per heavy atom. The van der Waals surface area contributed by atoms with Crippen LogP contribution in [-0.4, -0.2) is 41.1 Å². The molecule has 1 heterocycles. The molecule has 1 aliphatic heterocycles. The Morgan fingerprint density at radius 3 is 2.43 bits per heavy atom. The first-order valence-corrected chi connectivity index (χ1v) is 8.59. The van der Waals surface area contributed by atoms with Crippen LogP contribution in [0, 0.1) is 5.82 Å². The van der Waals surface area contributed by atoms with Gasteiger partial charge in [0.2, 0.25) is 5.91 Å². The third-order valence-electron chi connectivity index (χ3n) is 4.41. The third-order valence-corrected chi connectivity index (χ3v) is 4.41. The maximum absolute atomic E-state index is 13.1. The molecule has 1 N–H and O–H groups in total. The van der Waals surface area contributed by atoms with Crippen molar-refractivity contribution in [3.05, 3.63) is 59.9 Å². The Morgan fingerprint density at radius 2 is 1.79 bits per heavy atom. The molecule has 0 radical (unpaired) electrons. The van der Waals surface area contributed by atoms with Crippen molar-refractivity contribution < 1.29 is 23.6 Å². The zero-order valence-electron chi connectivity index (χ0n) is 15.3. The number of halogens is 1. The summed E-state index contributed by atoms with van der Waals surface area (Å²) in [5.74, 6) is -1.71. The number of hydrogen-bond acceptors (Lipinski definition) is 4. The van der Waals surface area contributed by atoms with Gasteiger partial charge in [0.15, 0.2) is 5.78 Å². The molecular formula is C20H18FN3O4. The van der Waals surface area contributed by atoms with E-state index in [9.17, 15) is 23.6 Å². The lowest BCUT2D eigenvalue weighted by molar-refractivity contribution is -0.130. The number of Topliss-reactive ketones (excluding diaryl/α,β-unsaturated/α-hetero) is 1. The zero-order chi connectivity index (χ0) is 20.4. The van der Waals surface area contributed by atoms with E-state index in [1.165, 1.54) is 49.1 Å². The number of benzene rings is 2. The molecule has 4 amide bonds. The highest BCUT2D eigenvalue weighted by atomic mass is 19.1. The van der Waals surface area contributed by atoms with Gasteiger partial charge in [0.25, 0.3) is 5.91 Å². The van der Waals surface area contributed by atoms with Crippen LogP contribution >= 0.6 is 0 Å². The van der Waals surface area contributed by atoms with Crippen LogP contribution in [0.4, 0.5) is 20.6 Å². The number of urea groups is 1. The number of carbonyl (C=O) groups is 4. The molecule has 28 heavy (non-hydrogen) atoms. The standard InChI is InChI=1S/C20H18FN3O4/c1-12-19(27)23(20(28)24(12)17-8-6-15(21)7-9-17)11-18(26)22-16-5-3-4-14(10-16)13(2)25/h3-10,12H,11H2,1-2H3,(H,22,26)/t12-/m1/s1. The topological polar surface area (TPSA) is 86.8 Å². The number of hydrogen-bond donors (Lipinski definition) is 1. The van der Waals surface area contributed by atoms with Crippen molar-refractivity contribution >= 4 is 35.0 Å². The number of rotatable bonds is 5. The molecule has 1 saturated heterocycles. The first-order chi connectivity index (χ1) is 13.3. The van der Waals surface area contributed by atoms with Crippen molar-refractivity contribution in [2.75, 3.05) is 16.8 Å². The van der Waals surface area contributed by atoms with Crippen LogP contribution in [0.15, 0.2) is 48.5 Å². The van der Waals surface area contributed by atoms with E-state index in [1.807, 2.05) is 0 Å². The molecule has 0 aliphatic carbocycles. The number of anilines is 2. The van der Waals surface area contributed by atoms with E-state index in [4.69, 9.17) is 0 Å². The van der Waals surface area contributed by atoms with E-state index in [-0.39, 0.29) is 5.78 Å². The molecule has 0 spiro atoms. The largest absolute Gasteiger partial charge is 0.332 e. The highest BCUT2D eigenvalue weighted by Gasteiger charge is 2.44. The molecule has 8 heteroatoms. The predicted octanol–water partition coefficient (Wildman–Crippen LogP) is 2.82. The third kappa shape index (κ3) is 3.75. The van der Waals surface area contributed by atoms with E-state index >= 15 is 0 Å². The van der Waals surface area contributed by atoms with Gasteiger partial charge in [0.05, 0.1) is 0 Å². The predicted molar refractivity (Wildman–Crippen MR) is 101 cm³/mol. The summed E-state index contributed by atoms with van der Waals surface area (Å²) >= 11 is 0. The van der Waals surface area contributed by atoms with Crippen LogP contribution in [-0.2, 0) is 9.59 Å². The first kappa shape index (κ1) is 19.2. The average molecular weight is 383 g/mol. The van der Waals surface area contributed by atoms with Crippen LogP contribution in [0.1, 0.15) is 24.2 Å². The molecule has 3 rings (SSSR count). The summed E-state index contributed by atoms with van der Waals surface area (Å²) in [7, 11) is 0. The van der Waals surface area contributed by atoms with Crippen molar-refractivity contribution in [2.24, 2.45) is 0 Å². The minimum absolute atomic E-state index is 0.148. The smallest absolute Gasteiger partial charge is 0.325 e. The summed E-state index contributed by atoms with van der Waals surface area (Å²) in [5.41, 5.74) is 1.19. The number of nitrogens with one attached hydrogen (secondary N) is 1. The normalized spacial score (nSPS) is 16.5. The van der Waals surface area contributed by atoms with Gasteiger partial charge in [0.1, 0.15) is 18.4 Å². The van der Waals surface area contributed by atoms with Gasteiger partial charge < -0.3 is 5.32 Å². The summed E-state index contributed by atoms with van der Waals surface area (Å²) in [6, 6.07) is 10.1. The molecule has 144 valence electrons. The summed E-state index contributed by atoms with van der Waals surface area (Å²) in [6.07, 6.45) is 0. The van der Waals surface area contributed by atoms with E-state index in [1.54, 1.807) is 18.2 Å². The zero-order valence-corrected chi connectivity index (χ0v) is 15.3. The lowest BCUT2D eigenvalue weighted by Gasteiger charge is -2.19. The molecule has 0 aromatic heterocycles. The van der Waals surface area contributed by atoms with Crippen LogP contribution in [0.3, 0.4) is 0 Å². The maximum Gasteiger partial charge on any atom is 0.332 e. The molecular weight excluding hydrogens is 365 g/mol. The Kier molecular flexibility index (Phi) is 5.21.